The van der Waals surface area contributed by atoms with Crippen molar-refractivity contribution >= 4 is 33.1 Å². The molecule has 4 aromatic rings. The second kappa shape index (κ2) is 6.09. The molecule has 1 atom stereocenters. The Morgan fingerprint density at radius 3 is 2.68 bits per heavy atom. The number of hydrogen-bond acceptors (Lipinski definition) is 6. The summed E-state index contributed by atoms with van der Waals surface area (Å²) in [6.45, 7) is 6.32. The minimum Gasteiger partial charge on any atom is -0.392 e. The van der Waals surface area contributed by atoms with Gasteiger partial charge in [0, 0.05) is 17.0 Å². The lowest BCUT2D eigenvalue weighted by atomic mass is 10.2. The fourth-order valence-corrected chi connectivity index (χ4v) is 3.80. The van der Waals surface area contributed by atoms with Gasteiger partial charge >= 0.3 is 0 Å². The van der Waals surface area contributed by atoms with Crippen molar-refractivity contribution in [2.45, 2.75) is 26.9 Å². The first-order chi connectivity index (χ1) is 12.0. The van der Waals surface area contributed by atoms with E-state index in [4.69, 9.17) is 9.97 Å². The largest absolute Gasteiger partial charge is 0.392 e. The molecule has 0 aliphatic carbocycles. The number of aryl methyl sites for hydroxylation is 2. The summed E-state index contributed by atoms with van der Waals surface area (Å²) in [5, 5.41) is 18.5. The predicted octanol–water partition coefficient (Wildman–Crippen LogP) is 3.42. The first-order valence-corrected chi connectivity index (χ1v) is 9.00. The van der Waals surface area contributed by atoms with E-state index in [1.807, 2.05) is 30.3 Å². The average Bonchev–Trinajstić information content (AvgIpc) is 3.15. The van der Waals surface area contributed by atoms with Crippen LogP contribution in [0.1, 0.15) is 17.4 Å². The van der Waals surface area contributed by atoms with Gasteiger partial charge in [0.25, 0.3) is 0 Å². The summed E-state index contributed by atoms with van der Waals surface area (Å²) in [5.74, 6) is 1.26. The van der Waals surface area contributed by atoms with Gasteiger partial charge in [0.05, 0.1) is 11.5 Å². The van der Waals surface area contributed by atoms with Crippen LogP contribution in [0.2, 0.25) is 0 Å². The van der Waals surface area contributed by atoms with Gasteiger partial charge in [0.1, 0.15) is 4.83 Å². The third kappa shape index (κ3) is 2.75. The Morgan fingerprint density at radius 1 is 1.20 bits per heavy atom. The normalized spacial score (nSPS) is 12.8. The quantitative estimate of drug-likeness (QED) is 0.588. The maximum atomic E-state index is 9.60. The number of hydrogen-bond donors (Lipinski definition) is 2. The molecule has 0 unspecified atom stereocenters. The minimum absolute atomic E-state index is 0.400. The van der Waals surface area contributed by atoms with Crippen molar-refractivity contribution in [2.24, 2.45) is 0 Å². The highest BCUT2D eigenvalue weighted by molar-refractivity contribution is 7.18. The molecule has 3 aromatic heterocycles. The van der Waals surface area contributed by atoms with E-state index in [-0.39, 0.29) is 0 Å². The second-order valence-electron chi connectivity index (χ2n) is 6.17. The Bertz CT molecular complexity index is 1050. The van der Waals surface area contributed by atoms with Gasteiger partial charge in [-0.25, -0.2) is 9.97 Å². The van der Waals surface area contributed by atoms with Crippen LogP contribution in [0.4, 0.5) is 5.95 Å². The zero-order valence-electron chi connectivity index (χ0n) is 14.3. The summed E-state index contributed by atoms with van der Waals surface area (Å²) in [6, 6.07) is 9.91. The van der Waals surface area contributed by atoms with E-state index in [1.54, 1.807) is 22.8 Å². The van der Waals surface area contributed by atoms with Gasteiger partial charge in [-0.1, -0.05) is 30.3 Å². The molecule has 6 nitrogen and oxygen atoms in total. The molecule has 2 N–H and O–H groups in total. The number of nitrogens with one attached hydrogen (secondary N) is 1. The van der Waals surface area contributed by atoms with E-state index in [9.17, 15) is 5.11 Å². The number of aliphatic hydroxyl groups is 1. The molecule has 0 aliphatic rings. The Balaban J connectivity index is 1.98. The molecule has 4 rings (SSSR count). The van der Waals surface area contributed by atoms with Crippen molar-refractivity contribution < 1.29 is 5.11 Å². The van der Waals surface area contributed by atoms with Gasteiger partial charge in [0.15, 0.2) is 11.5 Å². The first-order valence-electron chi connectivity index (χ1n) is 8.18. The standard InChI is InChI=1S/C18H19N5OS/c1-10(24)9-19-18-21-17-14(11(2)12(3)25-17)16-20-15(22-23(16)18)13-7-5-4-6-8-13/h4-8,10,24H,9H2,1-3H3,(H,19,21)/t10-/m0/s1. The highest BCUT2D eigenvalue weighted by Gasteiger charge is 2.18. The second-order valence-corrected chi connectivity index (χ2v) is 7.37. The van der Waals surface area contributed by atoms with Crippen molar-refractivity contribution in [3.63, 3.8) is 0 Å². The zero-order chi connectivity index (χ0) is 17.6. The van der Waals surface area contributed by atoms with Crippen LogP contribution in [0.15, 0.2) is 30.3 Å². The van der Waals surface area contributed by atoms with E-state index >= 15 is 0 Å². The van der Waals surface area contributed by atoms with Crippen LogP contribution in [0, 0.1) is 13.8 Å². The summed E-state index contributed by atoms with van der Waals surface area (Å²) in [7, 11) is 0. The van der Waals surface area contributed by atoms with E-state index < -0.39 is 6.10 Å². The van der Waals surface area contributed by atoms with Crippen molar-refractivity contribution in [1.29, 1.82) is 0 Å². The number of rotatable bonds is 4. The van der Waals surface area contributed by atoms with Crippen LogP contribution in [-0.2, 0) is 0 Å². The Morgan fingerprint density at radius 2 is 1.96 bits per heavy atom. The third-order valence-electron chi connectivity index (χ3n) is 4.19. The van der Waals surface area contributed by atoms with E-state index in [2.05, 4.69) is 24.3 Å². The maximum absolute atomic E-state index is 9.60. The number of benzene rings is 1. The minimum atomic E-state index is -0.475. The number of aromatic nitrogens is 4. The lowest BCUT2D eigenvalue weighted by Crippen LogP contribution is -2.18. The summed E-state index contributed by atoms with van der Waals surface area (Å²) in [4.78, 5) is 11.7. The zero-order valence-corrected chi connectivity index (χ0v) is 15.1. The fraction of sp³-hybridized carbons (Fsp3) is 0.278. The molecule has 0 spiro atoms. The lowest BCUT2D eigenvalue weighted by Gasteiger charge is -2.09. The molecule has 7 heteroatoms. The monoisotopic (exact) mass is 353 g/mol. The third-order valence-corrected chi connectivity index (χ3v) is 5.29. The maximum Gasteiger partial charge on any atom is 0.227 e. The summed E-state index contributed by atoms with van der Waals surface area (Å²) in [6.07, 6.45) is -0.475. The molecule has 0 aliphatic heterocycles. The average molecular weight is 353 g/mol. The molecular formula is C18H19N5OS. The summed E-state index contributed by atoms with van der Waals surface area (Å²) in [5.41, 5.74) is 2.94. The molecule has 0 fully saturated rings. The van der Waals surface area contributed by atoms with Crippen LogP contribution in [0.3, 0.4) is 0 Å². The highest BCUT2D eigenvalue weighted by atomic mass is 32.1. The number of anilines is 1. The van der Waals surface area contributed by atoms with Crippen molar-refractivity contribution in [3.05, 3.63) is 40.8 Å². The predicted molar refractivity (Wildman–Crippen MR) is 101 cm³/mol. The molecule has 0 saturated carbocycles. The van der Waals surface area contributed by atoms with Gasteiger partial charge in [-0.3, -0.25) is 0 Å². The lowest BCUT2D eigenvalue weighted by molar-refractivity contribution is 0.208. The Hall–Kier alpha value is -2.51. The van der Waals surface area contributed by atoms with Gasteiger partial charge in [0.2, 0.25) is 5.95 Å². The van der Waals surface area contributed by atoms with E-state index in [0.717, 1.165) is 21.4 Å². The van der Waals surface area contributed by atoms with Gasteiger partial charge in [-0.05, 0) is 26.3 Å². The number of nitrogens with zero attached hydrogens (tertiary/aromatic N) is 4. The number of aliphatic hydroxyl groups excluding tert-OH is 1. The van der Waals surface area contributed by atoms with Gasteiger partial charge < -0.3 is 10.4 Å². The van der Waals surface area contributed by atoms with Crippen LogP contribution >= 0.6 is 11.3 Å². The smallest absolute Gasteiger partial charge is 0.227 e. The van der Waals surface area contributed by atoms with E-state index in [1.165, 1.54) is 10.4 Å². The molecule has 0 amide bonds. The van der Waals surface area contributed by atoms with Crippen molar-refractivity contribution in [3.8, 4) is 11.4 Å². The SMILES string of the molecule is Cc1sc2nc(NC[C@H](C)O)n3nc(-c4ccccc4)nc3c2c1C. The van der Waals surface area contributed by atoms with Crippen molar-refractivity contribution in [2.75, 3.05) is 11.9 Å². The molecule has 1 aromatic carbocycles. The highest BCUT2D eigenvalue weighted by Crippen LogP contribution is 2.33. The summed E-state index contributed by atoms with van der Waals surface area (Å²) < 4.78 is 1.74. The number of thiophene rings is 1. The van der Waals surface area contributed by atoms with Crippen LogP contribution in [-0.4, -0.2) is 37.3 Å². The molecule has 3 heterocycles. The van der Waals surface area contributed by atoms with Gasteiger partial charge in [-0.2, -0.15) is 4.52 Å². The molecule has 25 heavy (non-hydrogen) atoms. The topological polar surface area (TPSA) is 75.3 Å². The Kier molecular flexibility index (Phi) is 3.89. The first kappa shape index (κ1) is 16.0. The molecule has 0 saturated heterocycles. The van der Waals surface area contributed by atoms with Crippen LogP contribution < -0.4 is 5.32 Å². The van der Waals surface area contributed by atoms with E-state index in [0.29, 0.717) is 18.3 Å². The Labute approximate surface area is 149 Å². The molecule has 0 radical (unpaired) electrons. The molecule has 128 valence electrons. The molecular weight excluding hydrogens is 334 g/mol. The summed E-state index contributed by atoms with van der Waals surface area (Å²) >= 11 is 1.65. The fourth-order valence-electron chi connectivity index (χ4n) is 2.78. The number of fused-ring (bicyclic) bond motifs is 3. The molecule has 0 bridgehead atoms. The van der Waals surface area contributed by atoms with Gasteiger partial charge in [-0.15, -0.1) is 16.4 Å². The van der Waals surface area contributed by atoms with Crippen LogP contribution in [0.25, 0.3) is 27.3 Å². The van der Waals surface area contributed by atoms with Crippen molar-refractivity contribution in [1.82, 2.24) is 19.6 Å². The van der Waals surface area contributed by atoms with Crippen LogP contribution in [0.5, 0.6) is 0 Å².